The fourth-order valence-corrected chi connectivity index (χ4v) is 1.79. The number of hydrogen-bond acceptors (Lipinski definition) is 5. The minimum absolute atomic E-state index is 0.00731. The number of carbonyl (C=O) groups excluding carboxylic acids is 2. The van der Waals surface area contributed by atoms with Crippen molar-refractivity contribution in [3.05, 3.63) is 54.0 Å². The van der Waals surface area contributed by atoms with E-state index < -0.39 is 18.4 Å². The van der Waals surface area contributed by atoms with Gasteiger partial charge in [-0.1, -0.05) is 0 Å². The second kappa shape index (κ2) is 8.57. The fraction of sp³-hybridized carbons (Fsp3) is 0.188. The lowest BCUT2D eigenvalue weighted by molar-refractivity contribution is -0.139. The van der Waals surface area contributed by atoms with Gasteiger partial charge in [0.25, 0.3) is 0 Å². The second-order valence-electron chi connectivity index (χ2n) is 4.80. The summed E-state index contributed by atoms with van der Waals surface area (Å²) in [5.41, 5.74) is 3.07. The molecule has 0 spiro atoms. The Bertz CT molecular complexity index is 743. The molecule has 132 valence electrons. The first-order valence-corrected chi connectivity index (χ1v) is 7.16. The first-order valence-electron chi connectivity index (χ1n) is 7.16. The van der Waals surface area contributed by atoms with E-state index in [4.69, 9.17) is 4.42 Å². The molecule has 2 rings (SSSR count). The fourth-order valence-electron chi connectivity index (χ4n) is 1.79. The summed E-state index contributed by atoms with van der Waals surface area (Å²) in [7, 11) is 0. The molecule has 25 heavy (non-hydrogen) atoms. The highest BCUT2D eigenvalue weighted by Crippen LogP contribution is 2.15. The second-order valence-corrected chi connectivity index (χ2v) is 4.80. The van der Waals surface area contributed by atoms with Crippen LogP contribution in [-0.4, -0.2) is 24.1 Å². The van der Waals surface area contributed by atoms with E-state index in [1.807, 2.05) is 0 Å². The van der Waals surface area contributed by atoms with Crippen molar-refractivity contribution >= 4 is 17.5 Å². The summed E-state index contributed by atoms with van der Waals surface area (Å²) in [6.45, 7) is -1.24. The van der Waals surface area contributed by atoms with Gasteiger partial charge < -0.3 is 14.5 Å². The van der Waals surface area contributed by atoms with Crippen LogP contribution in [0, 0.1) is 0 Å². The Labute approximate surface area is 141 Å². The molecule has 0 aliphatic heterocycles. The van der Waals surface area contributed by atoms with Gasteiger partial charge in [0.05, 0.1) is 18.5 Å². The molecule has 0 aliphatic carbocycles. The van der Waals surface area contributed by atoms with E-state index in [0.717, 1.165) is 0 Å². The zero-order chi connectivity index (χ0) is 18.2. The summed E-state index contributed by atoms with van der Waals surface area (Å²) in [6.07, 6.45) is 1.45. The van der Waals surface area contributed by atoms with E-state index in [-0.39, 0.29) is 12.3 Å². The summed E-state index contributed by atoms with van der Waals surface area (Å²) in [6, 6.07) is 9.00. The third-order valence-electron chi connectivity index (χ3n) is 3.03. The SMILES string of the molecule is C/C(=N\NC(=O)C(=O)NCc1ccco1)c1ccc(OC(F)F)cc1. The highest BCUT2D eigenvalue weighted by Gasteiger charge is 2.13. The molecule has 2 amide bonds. The van der Waals surface area contributed by atoms with Crippen molar-refractivity contribution in [1.29, 1.82) is 0 Å². The maximum absolute atomic E-state index is 12.1. The van der Waals surface area contributed by atoms with Crippen molar-refractivity contribution in [3.63, 3.8) is 0 Å². The molecule has 1 aromatic heterocycles. The number of hydrazone groups is 1. The number of amides is 2. The van der Waals surface area contributed by atoms with Crippen molar-refractivity contribution < 1.29 is 27.5 Å². The Kier molecular flexibility index (Phi) is 6.21. The third-order valence-corrected chi connectivity index (χ3v) is 3.03. The van der Waals surface area contributed by atoms with Crippen molar-refractivity contribution in [3.8, 4) is 5.75 Å². The first-order chi connectivity index (χ1) is 12.0. The molecule has 0 radical (unpaired) electrons. The molecular formula is C16H15F2N3O4. The van der Waals surface area contributed by atoms with Crippen LogP contribution in [0.2, 0.25) is 0 Å². The molecule has 2 N–H and O–H groups in total. The van der Waals surface area contributed by atoms with Crippen LogP contribution in [0.25, 0.3) is 0 Å². The smallest absolute Gasteiger partial charge is 0.387 e. The third kappa shape index (κ3) is 5.72. The number of rotatable bonds is 6. The number of nitrogens with one attached hydrogen (secondary N) is 2. The topological polar surface area (TPSA) is 92.9 Å². The number of carbonyl (C=O) groups is 2. The lowest BCUT2D eigenvalue weighted by Crippen LogP contribution is -2.37. The zero-order valence-electron chi connectivity index (χ0n) is 13.2. The molecular weight excluding hydrogens is 336 g/mol. The molecule has 0 saturated carbocycles. The monoisotopic (exact) mass is 351 g/mol. The van der Waals surface area contributed by atoms with E-state index >= 15 is 0 Å². The number of halogens is 2. The van der Waals surface area contributed by atoms with Gasteiger partial charge in [-0.15, -0.1) is 0 Å². The Balaban J connectivity index is 1.86. The maximum Gasteiger partial charge on any atom is 0.387 e. The minimum atomic E-state index is -2.90. The van der Waals surface area contributed by atoms with Crippen LogP contribution >= 0.6 is 0 Å². The maximum atomic E-state index is 12.1. The van der Waals surface area contributed by atoms with Crippen molar-refractivity contribution in [2.75, 3.05) is 0 Å². The summed E-state index contributed by atoms with van der Waals surface area (Å²) in [5.74, 6) is -1.29. The van der Waals surface area contributed by atoms with Crippen LogP contribution in [-0.2, 0) is 16.1 Å². The van der Waals surface area contributed by atoms with Crippen LogP contribution in [0.3, 0.4) is 0 Å². The summed E-state index contributed by atoms with van der Waals surface area (Å²) in [5, 5.41) is 6.17. The van der Waals surface area contributed by atoms with Gasteiger partial charge in [0.2, 0.25) is 0 Å². The van der Waals surface area contributed by atoms with Gasteiger partial charge in [0.1, 0.15) is 11.5 Å². The highest BCUT2D eigenvalue weighted by atomic mass is 19.3. The zero-order valence-corrected chi connectivity index (χ0v) is 13.2. The van der Waals surface area contributed by atoms with E-state index in [0.29, 0.717) is 17.0 Å². The van der Waals surface area contributed by atoms with E-state index in [9.17, 15) is 18.4 Å². The lowest BCUT2D eigenvalue weighted by Gasteiger charge is -2.06. The summed E-state index contributed by atoms with van der Waals surface area (Å²) >= 11 is 0. The van der Waals surface area contributed by atoms with Crippen LogP contribution < -0.4 is 15.5 Å². The predicted molar refractivity (Wildman–Crippen MR) is 84.0 cm³/mol. The normalized spacial score (nSPS) is 11.3. The molecule has 7 nitrogen and oxygen atoms in total. The van der Waals surface area contributed by atoms with Crippen LogP contribution in [0.15, 0.2) is 52.2 Å². The minimum Gasteiger partial charge on any atom is -0.467 e. The van der Waals surface area contributed by atoms with Gasteiger partial charge in [0, 0.05) is 0 Å². The van der Waals surface area contributed by atoms with Gasteiger partial charge in [-0.25, -0.2) is 5.43 Å². The number of nitrogens with zero attached hydrogens (tertiary/aromatic N) is 1. The summed E-state index contributed by atoms with van der Waals surface area (Å²) < 4.78 is 33.4. The van der Waals surface area contributed by atoms with Crippen LogP contribution in [0.1, 0.15) is 18.2 Å². The van der Waals surface area contributed by atoms with Crippen molar-refractivity contribution in [2.45, 2.75) is 20.1 Å². The van der Waals surface area contributed by atoms with Gasteiger partial charge in [-0.3, -0.25) is 9.59 Å². The molecule has 1 heterocycles. The molecule has 1 aromatic carbocycles. The number of alkyl halides is 2. The van der Waals surface area contributed by atoms with Gasteiger partial charge >= 0.3 is 18.4 Å². The van der Waals surface area contributed by atoms with Crippen molar-refractivity contribution in [2.24, 2.45) is 5.10 Å². The number of ether oxygens (including phenoxy) is 1. The largest absolute Gasteiger partial charge is 0.467 e. The van der Waals surface area contributed by atoms with Crippen molar-refractivity contribution in [1.82, 2.24) is 10.7 Å². The Hall–Kier alpha value is -3.23. The average molecular weight is 351 g/mol. The number of furan rings is 1. The molecule has 0 atom stereocenters. The Morgan fingerprint density at radius 1 is 1.20 bits per heavy atom. The molecule has 9 heteroatoms. The molecule has 2 aromatic rings. The molecule has 0 fully saturated rings. The highest BCUT2D eigenvalue weighted by molar-refractivity contribution is 6.35. The summed E-state index contributed by atoms with van der Waals surface area (Å²) in [4.78, 5) is 23.3. The van der Waals surface area contributed by atoms with E-state index in [1.165, 1.54) is 30.5 Å². The standard InChI is InChI=1S/C16H15F2N3O4/c1-10(11-4-6-12(7-5-11)25-16(17)18)20-21-15(23)14(22)19-9-13-3-2-8-24-13/h2-8,16H,9H2,1H3,(H,19,22)(H,21,23)/b20-10+. The van der Waals surface area contributed by atoms with E-state index in [2.05, 4.69) is 20.6 Å². The molecule has 0 aliphatic rings. The number of hydrogen-bond donors (Lipinski definition) is 2. The molecule has 0 saturated heterocycles. The van der Waals surface area contributed by atoms with Gasteiger partial charge in [-0.2, -0.15) is 13.9 Å². The lowest BCUT2D eigenvalue weighted by atomic mass is 10.1. The Morgan fingerprint density at radius 3 is 2.52 bits per heavy atom. The van der Waals surface area contributed by atoms with Gasteiger partial charge in [-0.05, 0) is 48.9 Å². The molecule has 0 bridgehead atoms. The average Bonchev–Trinajstić information content (AvgIpc) is 3.10. The molecule has 0 unspecified atom stereocenters. The van der Waals surface area contributed by atoms with Gasteiger partial charge in [0.15, 0.2) is 0 Å². The Morgan fingerprint density at radius 2 is 1.92 bits per heavy atom. The predicted octanol–water partition coefficient (Wildman–Crippen LogP) is 2.04. The quantitative estimate of drug-likeness (QED) is 0.473. The van der Waals surface area contributed by atoms with E-state index in [1.54, 1.807) is 19.1 Å². The number of benzene rings is 1. The van der Waals surface area contributed by atoms with Crippen LogP contribution in [0.5, 0.6) is 5.75 Å². The van der Waals surface area contributed by atoms with Crippen LogP contribution in [0.4, 0.5) is 8.78 Å². The first kappa shape index (κ1) is 18.1.